The van der Waals surface area contributed by atoms with Gasteiger partial charge in [0.1, 0.15) is 0 Å². The van der Waals surface area contributed by atoms with Gasteiger partial charge in [0.15, 0.2) is 6.73 Å². The summed E-state index contributed by atoms with van der Waals surface area (Å²) in [7, 11) is 0. The number of nitrogens with one attached hydrogen (secondary N) is 1. The average Bonchev–Trinajstić information content (AvgIpc) is 2.29. The Bertz CT molecular complexity index is 209. The van der Waals surface area contributed by atoms with Crippen molar-refractivity contribution < 1.29 is 19.4 Å². The Morgan fingerprint density at radius 1 is 1.35 bits per heavy atom. The fourth-order valence-corrected chi connectivity index (χ4v) is 1.53. The molecule has 0 spiro atoms. The monoisotopic (exact) mass is 245 g/mol. The van der Waals surface area contributed by atoms with Gasteiger partial charge in [0.2, 0.25) is 5.91 Å². The fourth-order valence-electron chi connectivity index (χ4n) is 1.53. The van der Waals surface area contributed by atoms with Crippen LogP contribution in [0.1, 0.15) is 51.9 Å². The van der Waals surface area contributed by atoms with Crippen LogP contribution in [0.5, 0.6) is 0 Å². The maximum atomic E-state index is 11.2. The van der Waals surface area contributed by atoms with Crippen molar-refractivity contribution in [2.75, 3.05) is 6.73 Å². The summed E-state index contributed by atoms with van der Waals surface area (Å²) in [5, 5.41) is 11.9. The van der Waals surface area contributed by atoms with Gasteiger partial charge >= 0.3 is 0 Å². The molecule has 5 nitrogen and oxygen atoms in total. The molecule has 5 heteroatoms. The summed E-state index contributed by atoms with van der Waals surface area (Å²) in [6, 6.07) is 0. The molecule has 17 heavy (non-hydrogen) atoms. The molecule has 0 fully saturated rings. The van der Waals surface area contributed by atoms with Crippen LogP contribution in [0.25, 0.3) is 0 Å². The molecule has 1 unspecified atom stereocenters. The Morgan fingerprint density at radius 2 is 2.06 bits per heavy atom. The molecule has 0 rings (SSSR count). The molecule has 0 heterocycles. The number of rotatable bonds is 11. The second-order valence-corrected chi connectivity index (χ2v) is 4.07. The molecule has 0 aliphatic rings. The van der Waals surface area contributed by atoms with E-state index in [1.807, 2.05) is 0 Å². The number of ether oxygens (including phenoxy) is 1. The highest BCUT2D eigenvalue weighted by Gasteiger charge is 2.09. The molecule has 0 aromatic carbocycles. The number of aliphatic hydroxyl groups excluding tert-OH is 1. The smallest absolute Gasteiger partial charge is 0.294 e. The van der Waals surface area contributed by atoms with Gasteiger partial charge in [-0.3, -0.25) is 9.59 Å². The highest BCUT2D eigenvalue weighted by Crippen LogP contribution is 2.08. The van der Waals surface area contributed by atoms with Gasteiger partial charge in [-0.15, -0.1) is 0 Å². The molecule has 1 amide bonds. The van der Waals surface area contributed by atoms with Crippen molar-refractivity contribution in [3.63, 3.8) is 0 Å². The molecule has 0 bridgehead atoms. The lowest BCUT2D eigenvalue weighted by Crippen LogP contribution is -2.29. The number of aliphatic hydroxyl groups is 1. The third kappa shape index (κ3) is 11.2. The number of hydrogen-bond donors (Lipinski definition) is 2. The largest absolute Gasteiger partial charge is 0.447 e. The molecule has 0 aliphatic heterocycles. The first-order valence-electron chi connectivity index (χ1n) is 6.20. The van der Waals surface area contributed by atoms with E-state index in [0.717, 1.165) is 12.8 Å². The first-order valence-corrected chi connectivity index (χ1v) is 6.20. The third-order valence-electron chi connectivity index (χ3n) is 2.48. The molecule has 100 valence electrons. The predicted molar refractivity (Wildman–Crippen MR) is 64.2 cm³/mol. The lowest BCUT2D eigenvalue weighted by Gasteiger charge is -2.10. The maximum absolute atomic E-state index is 11.2. The van der Waals surface area contributed by atoms with E-state index >= 15 is 0 Å². The van der Waals surface area contributed by atoms with Crippen LogP contribution in [0.2, 0.25) is 0 Å². The van der Waals surface area contributed by atoms with Crippen LogP contribution in [-0.4, -0.2) is 30.3 Å². The van der Waals surface area contributed by atoms with E-state index in [-0.39, 0.29) is 25.5 Å². The summed E-state index contributed by atoms with van der Waals surface area (Å²) in [5.74, 6) is -0.298. The van der Waals surface area contributed by atoms with Gasteiger partial charge in [0.25, 0.3) is 6.47 Å². The number of hydrogen-bond acceptors (Lipinski definition) is 4. The Kier molecular flexibility index (Phi) is 10.7. The first kappa shape index (κ1) is 15.9. The summed E-state index contributed by atoms with van der Waals surface area (Å²) in [5.41, 5.74) is 0. The molecular formula is C12H23NO4. The Hall–Kier alpha value is -1.10. The zero-order chi connectivity index (χ0) is 12.9. The molecule has 2 N–H and O–H groups in total. The van der Waals surface area contributed by atoms with Crippen molar-refractivity contribution in [1.29, 1.82) is 0 Å². The van der Waals surface area contributed by atoms with Gasteiger partial charge in [0, 0.05) is 0 Å². The van der Waals surface area contributed by atoms with E-state index in [0.29, 0.717) is 6.42 Å². The third-order valence-corrected chi connectivity index (χ3v) is 2.48. The Labute approximate surface area is 103 Å². The minimum absolute atomic E-state index is 0.0655. The van der Waals surface area contributed by atoms with E-state index in [4.69, 9.17) is 0 Å². The van der Waals surface area contributed by atoms with Crippen molar-refractivity contribution >= 4 is 12.4 Å². The lowest BCUT2D eigenvalue weighted by atomic mass is 10.1. The molecule has 1 atom stereocenters. The van der Waals surface area contributed by atoms with Crippen LogP contribution in [0.4, 0.5) is 0 Å². The van der Waals surface area contributed by atoms with E-state index in [9.17, 15) is 14.7 Å². The first-order chi connectivity index (χ1) is 8.20. The standard InChI is InChI=1S/C12H23NO4/c1-2-3-4-5-6-7-11(15)8-12(16)13-9-17-10-14/h10-11,15H,2-9H2,1H3,(H,13,16). The molecular weight excluding hydrogens is 222 g/mol. The number of amides is 1. The van der Waals surface area contributed by atoms with Gasteiger partial charge in [-0.2, -0.15) is 0 Å². The van der Waals surface area contributed by atoms with Gasteiger partial charge < -0.3 is 15.2 Å². The van der Waals surface area contributed by atoms with E-state index in [1.165, 1.54) is 19.3 Å². The van der Waals surface area contributed by atoms with Crippen LogP contribution in [0.3, 0.4) is 0 Å². The fraction of sp³-hybridized carbons (Fsp3) is 0.833. The van der Waals surface area contributed by atoms with Gasteiger partial charge in [0.05, 0.1) is 12.5 Å². The van der Waals surface area contributed by atoms with Crippen LogP contribution >= 0.6 is 0 Å². The topological polar surface area (TPSA) is 75.6 Å². The van der Waals surface area contributed by atoms with Crippen molar-refractivity contribution in [1.82, 2.24) is 5.32 Å². The molecule has 0 saturated carbocycles. The number of carbonyl (C=O) groups excluding carboxylic acids is 2. The SMILES string of the molecule is CCCCCCCC(O)CC(=O)NCOC=O. The van der Waals surface area contributed by atoms with Crippen LogP contribution < -0.4 is 5.32 Å². The van der Waals surface area contributed by atoms with Crippen molar-refractivity contribution in [3.8, 4) is 0 Å². The summed E-state index contributed by atoms with van der Waals surface area (Å²) >= 11 is 0. The second kappa shape index (κ2) is 11.4. The summed E-state index contributed by atoms with van der Waals surface area (Å²) in [6.45, 7) is 2.29. The highest BCUT2D eigenvalue weighted by atomic mass is 16.5. The molecule has 0 radical (unpaired) electrons. The number of unbranched alkanes of at least 4 members (excludes halogenated alkanes) is 4. The second-order valence-electron chi connectivity index (χ2n) is 4.07. The van der Waals surface area contributed by atoms with Crippen LogP contribution in [0.15, 0.2) is 0 Å². The normalized spacial score (nSPS) is 11.9. The molecule has 0 saturated heterocycles. The quantitative estimate of drug-likeness (QED) is 0.327. The minimum Gasteiger partial charge on any atom is -0.447 e. The van der Waals surface area contributed by atoms with Gasteiger partial charge in [-0.05, 0) is 6.42 Å². The predicted octanol–water partition coefficient (Wildman–Crippen LogP) is 1.34. The molecule has 0 aromatic rings. The van der Waals surface area contributed by atoms with E-state index in [2.05, 4.69) is 17.0 Å². The van der Waals surface area contributed by atoms with E-state index in [1.54, 1.807) is 0 Å². The van der Waals surface area contributed by atoms with Crippen molar-refractivity contribution in [3.05, 3.63) is 0 Å². The average molecular weight is 245 g/mol. The Balaban J connectivity index is 3.40. The maximum Gasteiger partial charge on any atom is 0.294 e. The van der Waals surface area contributed by atoms with Crippen molar-refractivity contribution in [2.45, 2.75) is 58.0 Å². The highest BCUT2D eigenvalue weighted by molar-refractivity contribution is 5.76. The summed E-state index contributed by atoms with van der Waals surface area (Å²) in [6.07, 6.45) is 5.75. The zero-order valence-corrected chi connectivity index (χ0v) is 10.5. The molecule has 0 aromatic heterocycles. The van der Waals surface area contributed by atoms with Gasteiger partial charge in [-0.1, -0.05) is 39.0 Å². The summed E-state index contributed by atoms with van der Waals surface area (Å²) < 4.78 is 4.32. The van der Waals surface area contributed by atoms with Crippen molar-refractivity contribution in [2.24, 2.45) is 0 Å². The zero-order valence-electron chi connectivity index (χ0n) is 10.5. The summed E-state index contributed by atoms with van der Waals surface area (Å²) in [4.78, 5) is 21.0. The number of carbonyl (C=O) groups is 2. The molecule has 0 aliphatic carbocycles. The van der Waals surface area contributed by atoms with Gasteiger partial charge in [-0.25, -0.2) is 0 Å². The van der Waals surface area contributed by atoms with Crippen LogP contribution in [0, 0.1) is 0 Å². The Morgan fingerprint density at radius 3 is 2.71 bits per heavy atom. The minimum atomic E-state index is -0.604. The van der Waals surface area contributed by atoms with E-state index < -0.39 is 6.10 Å². The lowest BCUT2D eigenvalue weighted by molar-refractivity contribution is -0.132. The van der Waals surface area contributed by atoms with Crippen LogP contribution in [-0.2, 0) is 14.3 Å².